The van der Waals surface area contributed by atoms with Crippen LogP contribution in [0.3, 0.4) is 0 Å². The number of halogens is 1. The van der Waals surface area contributed by atoms with Crippen LogP contribution in [0.5, 0.6) is 0 Å². The summed E-state index contributed by atoms with van der Waals surface area (Å²) in [5.74, 6) is -4.88. The number of carbonyl (C=O) groups is 2. The monoisotopic (exact) mass is 452 g/mol. The average molecular weight is 452 g/mol. The number of anilines is 1. The van der Waals surface area contributed by atoms with Crippen molar-refractivity contribution in [3.05, 3.63) is 92.7 Å². The zero-order valence-electron chi connectivity index (χ0n) is 17.4. The van der Waals surface area contributed by atoms with Crippen LogP contribution in [0, 0.1) is 27.3 Å². The number of rotatable bonds is 5. The zero-order valence-corrected chi connectivity index (χ0v) is 17.4. The molecule has 11 heteroatoms. The van der Waals surface area contributed by atoms with E-state index in [0.29, 0.717) is 5.56 Å². The molecule has 1 aliphatic rings. The lowest BCUT2D eigenvalue weighted by Gasteiger charge is -2.35. The summed E-state index contributed by atoms with van der Waals surface area (Å²) in [5, 5.41) is 21.6. The molecular weight excluding hydrogens is 435 g/mol. The molecule has 2 aromatic carbocycles. The minimum absolute atomic E-state index is 0.201. The third-order valence-corrected chi connectivity index (χ3v) is 5.00. The molecule has 168 valence electrons. The molecule has 1 heterocycles. The third kappa shape index (κ3) is 3.85. The molecule has 2 aromatic rings. The van der Waals surface area contributed by atoms with Crippen molar-refractivity contribution < 1.29 is 28.4 Å². The fourth-order valence-electron chi connectivity index (χ4n) is 3.63. The number of hydrogen-bond acceptors (Lipinski definition) is 9. The Morgan fingerprint density at radius 2 is 1.76 bits per heavy atom. The van der Waals surface area contributed by atoms with Crippen molar-refractivity contribution in [2.24, 2.45) is 5.73 Å². The molecule has 0 saturated carbocycles. The maximum Gasteiger partial charge on any atom is 0.355 e. The predicted octanol–water partition coefficient (Wildman–Crippen LogP) is 2.63. The van der Waals surface area contributed by atoms with Gasteiger partial charge in [-0.05, 0) is 17.7 Å². The van der Waals surface area contributed by atoms with E-state index in [1.165, 1.54) is 0 Å². The highest BCUT2D eigenvalue weighted by molar-refractivity contribution is 6.06. The van der Waals surface area contributed by atoms with Gasteiger partial charge in [0.05, 0.1) is 42.3 Å². The topological polar surface area (TPSA) is 149 Å². The molecule has 0 spiro atoms. The van der Waals surface area contributed by atoms with Crippen molar-refractivity contribution in [3.63, 3.8) is 0 Å². The summed E-state index contributed by atoms with van der Waals surface area (Å²) in [6.45, 7) is 0. The van der Waals surface area contributed by atoms with Gasteiger partial charge in [-0.25, -0.2) is 9.59 Å². The Bertz CT molecular complexity index is 1250. The Morgan fingerprint density at radius 1 is 1.12 bits per heavy atom. The number of nitrogens with two attached hydrogens (primary N) is 1. The average Bonchev–Trinajstić information content (AvgIpc) is 2.82. The van der Waals surface area contributed by atoms with Gasteiger partial charge in [-0.15, -0.1) is 0 Å². The quantitative estimate of drug-likeness (QED) is 0.410. The van der Waals surface area contributed by atoms with Crippen molar-refractivity contribution in [3.8, 4) is 6.07 Å². The number of nitrogens with zero attached hydrogens (tertiary/aromatic N) is 3. The van der Waals surface area contributed by atoms with Gasteiger partial charge in [0.2, 0.25) is 5.82 Å². The molecular formula is C22H17FN4O6. The molecule has 0 radical (unpaired) electrons. The molecule has 0 amide bonds. The number of carbonyl (C=O) groups excluding carboxylic acids is 2. The van der Waals surface area contributed by atoms with Crippen LogP contribution in [-0.2, 0) is 19.1 Å². The SMILES string of the molecule is COC(=O)C1=C(C(=O)OC)N(c2cccc(F)c2[N+](=O)[O-])C(N)=C(C#N)C1c1ccccc1. The summed E-state index contributed by atoms with van der Waals surface area (Å²) in [6, 6.07) is 13.3. The summed E-state index contributed by atoms with van der Waals surface area (Å²) in [4.78, 5) is 37.2. The molecule has 0 aromatic heterocycles. The second-order valence-corrected chi connectivity index (χ2v) is 6.70. The van der Waals surface area contributed by atoms with Crippen LogP contribution >= 0.6 is 0 Å². The first-order valence-electron chi connectivity index (χ1n) is 9.36. The van der Waals surface area contributed by atoms with Crippen LogP contribution in [0.4, 0.5) is 15.8 Å². The zero-order chi connectivity index (χ0) is 24.3. The molecule has 0 saturated heterocycles. The van der Waals surface area contributed by atoms with E-state index >= 15 is 0 Å². The summed E-state index contributed by atoms with van der Waals surface area (Å²) in [6.07, 6.45) is 0. The Morgan fingerprint density at radius 3 is 2.30 bits per heavy atom. The summed E-state index contributed by atoms with van der Waals surface area (Å²) >= 11 is 0. The number of para-hydroxylation sites is 1. The molecule has 1 aliphatic heterocycles. The van der Waals surface area contributed by atoms with E-state index in [9.17, 15) is 29.4 Å². The van der Waals surface area contributed by atoms with Gasteiger partial charge in [0.1, 0.15) is 17.2 Å². The number of nitro benzene ring substituents is 1. The van der Waals surface area contributed by atoms with Crippen molar-refractivity contribution in [2.45, 2.75) is 5.92 Å². The van der Waals surface area contributed by atoms with Gasteiger partial charge in [-0.3, -0.25) is 15.0 Å². The lowest BCUT2D eigenvalue weighted by atomic mass is 9.81. The van der Waals surface area contributed by atoms with Crippen LogP contribution in [0.25, 0.3) is 0 Å². The van der Waals surface area contributed by atoms with Gasteiger partial charge in [0.15, 0.2) is 0 Å². The molecule has 10 nitrogen and oxygen atoms in total. The maximum atomic E-state index is 14.4. The molecule has 0 aliphatic carbocycles. The first-order chi connectivity index (χ1) is 15.8. The summed E-state index contributed by atoms with van der Waals surface area (Å²) < 4.78 is 24.1. The largest absolute Gasteiger partial charge is 0.466 e. The van der Waals surface area contributed by atoms with Crippen molar-refractivity contribution in [2.75, 3.05) is 19.1 Å². The first-order valence-corrected chi connectivity index (χ1v) is 9.36. The van der Waals surface area contributed by atoms with Gasteiger partial charge in [0.25, 0.3) is 0 Å². The molecule has 3 rings (SSSR count). The van der Waals surface area contributed by atoms with Crippen molar-refractivity contribution >= 4 is 23.3 Å². The Hall–Kier alpha value is -4.72. The van der Waals surface area contributed by atoms with Crippen LogP contribution in [-0.4, -0.2) is 31.1 Å². The number of nitriles is 1. The van der Waals surface area contributed by atoms with Crippen molar-refractivity contribution in [1.29, 1.82) is 5.26 Å². The number of methoxy groups -OCH3 is 2. The Labute approximate surface area is 187 Å². The first kappa shape index (κ1) is 23.0. The number of nitro groups is 1. The normalized spacial score (nSPS) is 15.7. The molecule has 1 unspecified atom stereocenters. The number of esters is 2. The van der Waals surface area contributed by atoms with Crippen LogP contribution in [0.1, 0.15) is 11.5 Å². The number of benzene rings is 2. The van der Waals surface area contributed by atoms with E-state index in [4.69, 9.17) is 15.2 Å². The van der Waals surface area contributed by atoms with E-state index in [-0.39, 0.29) is 11.1 Å². The maximum absolute atomic E-state index is 14.4. The molecule has 1 atom stereocenters. The molecule has 2 N–H and O–H groups in total. The fourth-order valence-corrected chi connectivity index (χ4v) is 3.63. The van der Waals surface area contributed by atoms with E-state index in [1.807, 2.05) is 6.07 Å². The van der Waals surface area contributed by atoms with Gasteiger partial charge in [0, 0.05) is 0 Å². The minimum atomic E-state index is -1.21. The molecule has 33 heavy (non-hydrogen) atoms. The third-order valence-electron chi connectivity index (χ3n) is 5.00. The predicted molar refractivity (Wildman–Crippen MR) is 113 cm³/mol. The van der Waals surface area contributed by atoms with Gasteiger partial charge in [-0.2, -0.15) is 9.65 Å². The summed E-state index contributed by atoms with van der Waals surface area (Å²) in [7, 11) is 2.09. The van der Waals surface area contributed by atoms with Gasteiger partial charge < -0.3 is 15.2 Å². The summed E-state index contributed by atoms with van der Waals surface area (Å²) in [5.41, 5.74) is 4.09. The van der Waals surface area contributed by atoms with Gasteiger partial charge in [-0.1, -0.05) is 36.4 Å². The van der Waals surface area contributed by atoms with Crippen molar-refractivity contribution in [1.82, 2.24) is 0 Å². The second kappa shape index (κ2) is 9.19. The van der Waals surface area contributed by atoms with E-state index in [2.05, 4.69) is 0 Å². The number of ether oxygens (including phenoxy) is 2. The molecule has 0 fully saturated rings. The fraction of sp³-hybridized carbons (Fsp3) is 0.136. The Kier molecular flexibility index (Phi) is 6.39. The van der Waals surface area contributed by atoms with Crippen LogP contribution in [0.2, 0.25) is 0 Å². The van der Waals surface area contributed by atoms with Crippen LogP contribution < -0.4 is 10.6 Å². The highest BCUT2D eigenvalue weighted by Gasteiger charge is 2.44. The lowest BCUT2D eigenvalue weighted by Crippen LogP contribution is -2.41. The standard InChI is InChI=1S/C22H17FN4O6/c1-32-21(28)17-16(12-7-4-3-5-8-12)13(11-24)20(25)26(19(17)22(29)33-2)15-10-6-9-14(23)18(15)27(30)31/h3-10,16H,25H2,1-2H3. The smallest absolute Gasteiger partial charge is 0.355 e. The highest BCUT2D eigenvalue weighted by atomic mass is 19.1. The lowest BCUT2D eigenvalue weighted by molar-refractivity contribution is -0.386. The minimum Gasteiger partial charge on any atom is -0.466 e. The Balaban J connectivity index is 2.49. The van der Waals surface area contributed by atoms with E-state index in [1.54, 1.807) is 30.3 Å². The highest BCUT2D eigenvalue weighted by Crippen LogP contribution is 2.45. The van der Waals surface area contributed by atoms with Crippen LogP contribution in [0.15, 0.2) is 71.2 Å². The number of hydrogen-bond donors (Lipinski definition) is 1. The molecule has 0 bridgehead atoms. The van der Waals surface area contributed by atoms with E-state index in [0.717, 1.165) is 37.3 Å². The number of allylic oxidation sites excluding steroid dienone is 1. The second-order valence-electron chi connectivity index (χ2n) is 6.70. The van der Waals surface area contributed by atoms with E-state index < -0.39 is 51.5 Å². The van der Waals surface area contributed by atoms with Gasteiger partial charge >= 0.3 is 17.6 Å².